The Morgan fingerprint density at radius 2 is 2.09 bits per heavy atom. The predicted octanol–water partition coefficient (Wildman–Crippen LogP) is 2.64. The van der Waals surface area contributed by atoms with E-state index in [2.05, 4.69) is 57.4 Å². The maximum atomic E-state index is 9.24. The van der Waals surface area contributed by atoms with Crippen molar-refractivity contribution in [3.8, 4) is 12.1 Å². The Labute approximate surface area is 207 Å². The molecule has 4 heterocycles. The van der Waals surface area contributed by atoms with Crippen molar-refractivity contribution in [2.75, 3.05) is 44.7 Å². The molecule has 0 amide bonds. The highest BCUT2D eigenvalue weighted by Gasteiger charge is 2.36. The van der Waals surface area contributed by atoms with Gasteiger partial charge in [-0.1, -0.05) is 24.3 Å². The smallest absolute Gasteiger partial charge is 0.318 e. The molecule has 1 N–H and O–H groups in total. The molecule has 1 aromatic heterocycles. The van der Waals surface area contributed by atoms with Crippen molar-refractivity contribution in [3.05, 3.63) is 46.6 Å². The Kier molecular flexibility index (Phi) is 6.31. The Morgan fingerprint density at radius 1 is 1.17 bits per heavy atom. The molecule has 0 bridgehead atoms. The van der Waals surface area contributed by atoms with E-state index in [1.54, 1.807) is 0 Å². The highest BCUT2D eigenvalue weighted by Crippen LogP contribution is 2.42. The second kappa shape index (κ2) is 9.73. The van der Waals surface area contributed by atoms with Crippen molar-refractivity contribution in [2.24, 2.45) is 0 Å². The average molecular weight is 474 g/mol. The van der Waals surface area contributed by atoms with Crippen LogP contribution < -0.4 is 15.0 Å². The van der Waals surface area contributed by atoms with E-state index in [1.165, 1.54) is 23.1 Å². The van der Waals surface area contributed by atoms with Crippen LogP contribution in [0.4, 0.5) is 5.82 Å². The molecular weight excluding hydrogens is 438 g/mol. The molecule has 0 saturated carbocycles. The second-order valence-corrected chi connectivity index (χ2v) is 10.5. The van der Waals surface area contributed by atoms with Gasteiger partial charge in [-0.25, -0.2) is 0 Å². The van der Waals surface area contributed by atoms with E-state index in [-0.39, 0.29) is 6.04 Å². The van der Waals surface area contributed by atoms with Gasteiger partial charge in [0.1, 0.15) is 12.4 Å². The van der Waals surface area contributed by atoms with Gasteiger partial charge in [-0.15, -0.1) is 0 Å². The topological polar surface area (TPSA) is 80.5 Å². The number of anilines is 1. The molecule has 1 unspecified atom stereocenters. The van der Waals surface area contributed by atoms with Gasteiger partial charge in [-0.05, 0) is 50.4 Å². The van der Waals surface area contributed by atoms with Gasteiger partial charge in [0.25, 0.3) is 0 Å². The van der Waals surface area contributed by atoms with Crippen LogP contribution >= 0.6 is 0 Å². The van der Waals surface area contributed by atoms with Gasteiger partial charge in [0, 0.05) is 56.4 Å². The van der Waals surface area contributed by atoms with Crippen molar-refractivity contribution >= 4 is 5.82 Å². The van der Waals surface area contributed by atoms with E-state index in [1.807, 2.05) is 0 Å². The third-order valence-corrected chi connectivity index (χ3v) is 8.28. The van der Waals surface area contributed by atoms with E-state index in [0.717, 1.165) is 70.0 Å². The average Bonchev–Trinajstić information content (AvgIpc) is 3.60. The summed E-state index contributed by atoms with van der Waals surface area (Å²) in [6.07, 6.45) is 5.19. The number of hydrogen-bond donors (Lipinski definition) is 1. The van der Waals surface area contributed by atoms with Gasteiger partial charge >= 0.3 is 6.01 Å². The van der Waals surface area contributed by atoms with Crippen LogP contribution in [0.3, 0.4) is 0 Å². The molecule has 2 aromatic rings. The largest absolute Gasteiger partial charge is 0.462 e. The Hall–Kier alpha value is -2.73. The molecule has 8 heteroatoms. The lowest BCUT2D eigenvalue weighted by Gasteiger charge is -2.34. The van der Waals surface area contributed by atoms with Gasteiger partial charge in [0.05, 0.1) is 18.2 Å². The zero-order chi connectivity index (χ0) is 23.8. The molecule has 1 aromatic carbocycles. The molecule has 2 fully saturated rings. The summed E-state index contributed by atoms with van der Waals surface area (Å²) in [5, 5.41) is 12.7. The van der Waals surface area contributed by atoms with Crippen LogP contribution in [0.25, 0.3) is 0 Å². The van der Waals surface area contributed by atoms with Gasteiger partial charge in [0.15, 0.2) is 0 Å². The van der Waals surface area contributed by atoms with Crippen LogP contribution in [0, 0.1) is 11.3 Å². The number of piperazine rings is 1. The number of aryl methyl sites for hydroxylation is 1. The third-order valence-electron chi connectivity index (χ3n) is 8.28. The Balaban J connectivity index is 1.27. The summed E-state index contributed by atoms with van der Waals surface area (Å²) in [7, 11) is 2.17. The number of hydrogen-bond acceptors (Lipinski definition) is 8. The summed E-state index contributed by atoms with van der Waals surface area (Å²) in [4.78, 5) is 17.2. The lowest BCUT2D eigenvalue weighted by Crippen LogP contribution is -2.51. The van der Waals surface area contributed by atoms with Crippen LogP contribution in [0.5, 0.6) is 6.01 Å². The van der Waals surface area contributed by atoms with Gasteiger partial charge < -0.3 is 19.9 Å². The zero-order valence-corrected chi connectivity index (χ0v) is 20.6. The number of rotatable bonds is 6. The van der Waals surface area contributed by atoms with Crippen molar-refractivity contribution in [1.29, 1.82) is 5.26 Å². The molecule has 3 aliphatic heterocycles. The number of nitriles is 1. The molecule has 3 atom stereocenters. The summed E-state index contributed by atoms with van der Waals surface area (Å²) in [6.45, 7) is 5.97. The maximum Gasteiger partial charge on any atom is 0.318 e. The fourth-order valence-corrected chi connectivity index (χ4v) is 6.32. The molecule has 4 aliphatic rings. The van der Waals surface area contributed by atoms with Gasteiger partial charge in [0.2, 0.25) is 0 Å². The van der Waals surface area contributed by atoms with Crippen LogP contribution in [-0.2, 0) is 19.5 Å². The van der Waals surface area contributed by atoms with Crippen molar-refractivity contribution in [3.63, 3.8) is 0 Å². The molecule has 0 radical (unpaired) electrons. The number of likely N-dealkylation sites (tertiary alicyclic amines) is 1. The van der Waals surface area contributed by atoms with E-state index in [0.29, 0.717) is 31.1 Å². The molecule has 0 spiro atoms. The molecule has 8 nitrogen and oxygen atoms in total. The lowest BCUT2D eigenvalue weighted by atomic mass is 10.1. The highest BCUT2D eigenvalue weighted by atomic mass is 16.5. The normalized spacial score (nSPS) is 26.5. The summed E-state index contributed by atoms with van der Waals surface area (Å²) >= 11 is 0. The first-order valence-electron chi connectivity index (χ1n) is 13.1. The first-order valence-corrected chi connectivity index (χ1v) is 13.1. The first-order chi connectivity index (χ1) is 17.2. The molecule has 1 aliphatic carbocycles. The minimum atomic E-state index is 0.162. The zero-order valence-electron chi connectivity index (χ0n) is 20.6. The molecule has 184 valence electrons. The highest BCUT2D eigenvalue weighted by molar-refractivity contribution is 5.52. The van der Waals surface area contributed by atoms with E-state index < -0.39 is 0 Å². The summed E-state index contributed by atoms with van der Waals surface area (Å²) < 4.78 is 6.23. The quantitative estimate of drug-likeness (QED) is 0.686. The number of aromatic nitrogens is 2. The number of nitrogens with one attached hydrogen (secondary N) is 1. The number of benzene rings is 1. The van der Waals surface area contributed by atoms with Gasteiger partial charge in [-0.3, -0.25) is 4.90 Å². The maximum absolute atomic E-state index is 9.24. The number of likely N-dealkylation sites (N-methyl/N-ethyl adjacent to an activating group) is 1. The van der Waals surface area contributed by atoms with E-state index in [9.17, 15) is 5.26 Å². The minimum Gasteiger partial charge on any atom is -0.462 e. The Morgan fingerprint density at radius 3 is 2.94 bits per heavy atom. The molecule has 6 rings (SSSR count). The lowest BCUT2D eigenvalue weighted by molar-refractivity contribution is 0.186. The molecule has 2 saturated heterocycles. The minimum absolute atomic E-state index is 0.162. The molecule has 35 heavy (non-hydrogen) atoms. The standard InChI is InChI=1S/C27H35N7O/c1-32-13-4-6-21(32)18-35-27-30-24-17-34(25-9-8-19-5-2-3-7-22(19)25)16-23(24)26(31-27)33-14-12-29-20(15-33)10-11-28/h2-3,5,7,20-21,25,29H,4,6,8-10,12-18H2,1H3/t20-,21-,25?/m0/s1. The fourth-order valence-electron chi connectivity index (χ4n) is 6.32. The number of nitrogens with zero attached hydrogens (tertiary/aromatic N) is 6. The van der Waals surface area contributed by atoms with Crippen molar-refractivity contribution in [1.82, 2.24) is 25.1 Å². The number of ether oxygens (including phenoxy) is 1. The molecular formula is C27H35N7O. The van der Waals surface area contributed by atoms with Crippen LogP contribution in [0.1, 0.15) is 54.1 Å². The summed E-state index contributed by atoms with van der Waals surface area (Å²) in [5.74, 6) is 1.00. The Bertz CT molecular complexity index is 1120. The van der Waals surface area contributed by atoms with Crippen LogP contribution in [-0.4, -0.2) is 71.7 Å². The number of fused-ring (bicyclic) bond motifs is 2. The van der Waals surface area contributed by atoms with Gasteiger partial charge in [-0.2, -0.15) is 15.2 Å². The van der Waals surface area contributed by atoms with Crippen LogP contribution in [0.2, 0.25) is 0 Å². The SMILES string of the molecule is CN1CCC[C@H]1COc1nc2c(c(N3CCN[C@@H](CC#N)C3)n1)CN(C1CCc3ccccc31)C2. The fraction of sp³-hybridized carbons (Fsp3) is 0.593. The van der Waals surface area contributed by atoms with Crippen LogP contribution in [0.15, 0.2) is 24.3 Å². The monoisotopic (exact) mass is 473 g/mol. The summed E-state index contributed by atoms with van der Waals surface area (Å²) in [6, 6.07) is 12.7. The van der Waals surface area contributed by atoms with Crippen molar-refractivity contribution < 1.29 is 4.74 Å². The van der Waals surface area contributed by atoms with E-state index in [4.69, 9.17) is 14.7 Å². The third kappa shape index (κ3) is 4.49. The predicted molar refractivity (Wildman–Crippen MR) is 134 cm³/mol. The second-order valence-electron chi connectivity index (χ2n) is 10.5. The first kappa shape index (κ1) is 22.7. The van der Waals surface area contributed by atoms with E-state index >= 15 is 0 Å². The summed E-state index contributed by atoms with van der Waals surface area (Å²) in [5.41, 5.74) is 5.28. The van der Waals surface area contributed by atoms with Crippen molar-refractivity contribution in [2.45, 2.75) is 63.3 Å².